The first kappa shape index (κ1) is 53.1. The second kappa shape index (κ2) is 22.6. The van der Waals surface area contributed by atoms with Gasteiger partial charge in [0, 0.05) is 73.9 Å². The van der Waals surface area contributed by atoms with Crippen LogP contribution in [0.5, 0.6) is 0 Å². The summed E-state index contributed by atoms with van der Waals surface area (Å²) in [5.74, 6) is -5.58. The number of nitrogens with two attached hydrogens (primary N) is 1. The lowest BCUT2D eigenvalue weighted by Gasteiger charge is -2.39. The standard InChI is InChI=1S/C45H68N8O10S/c1-25(2)32(52(11)41(59)37(44(4,5)6)50-39(57)36(47-9)45(7,8)28-23-51(10)31-16-13-12-15-27(28)31)21-26(3)38(56)49-30(43(62)63)17-18-34(54)48-19-14-20-53-35(55)22-33(40(53)58)64-24-29(46)42(60)61/h12-13,15-16,21,23,25,29-30,32-33,36-37,47H,14,17-20,22,24,46H2,1-11H3,(H,48,54)(H,49,56)(H,50,57)(H,60,61)(H,62,63)/b26-21+/t29-,30+,32+,33?,36+,37+/m0/s1. The average molecular weight is 913 g/mol. The van der Waals surface area contributed by atoms with Crippen molar-refractivity contribution in [2.75, 3.05) is 32.9 Å². The van der Waals surface area contributed by atoms with E-state index in [1.54, 1.807) is 20.2 Å². The van der Waals surface area contributed by atoms with Crippen molar-refractivity contribution in [3.05, 3.63) is 47.7 Å². The predicted molar refractivity (Wildman–Crippen MR) is 245 cm³/mol. The first-order valence-corrected chi connectivity index (χ1v) is 22.5. The first-order valence-electron chi connectivity index (χ1n) is 21.5. The zero-order chi connectivity index (χ0) is 48.4. The fourth-order valence-electron chi connectivity index (χ4n) is 7.81. The summed E-state index contributed by atoms with van der Waals surface area (Å²) in [5, 5.41) is 30.5. The third-order valence-corrected chi connectivity index (χ3v) is 13.0. The van der Waals surface area contributed by atoms with Crippen LogP contribution in [0.4, 0.5) is 0 Å². The number of para-hydroxylation sites is 1. The van der Waals surface area contributed by atoms with Gasteiger partial charge in [-0.1, -0.05) is 72.7 Å². The first-order chi connectivity index (χ1) is 29.7. The number of imide groups is 1. The summed E-state index contributed by atoms with van der Waals surface area (Å²) in [7, 11) is 5.27. The van der Waals surface area contributed by atoms with Crippen LogP contribution in [-0.4, -0.2) is 140 Å². The van der Waals surface area contributed by atoms with Crippen LogP contribution >= 0.6 is 11.8 Å². The van der Waals surface area contributed by atoms with Gasteiger partial charge >= 0.3 is 11.9 Å². The molecule has 0 bridgehead atoms. The molecule has 0 saturated carbocycles. The van der Waals surface area contributed by atoms with Crippen molar-refractivity contribution < 1.29 is 48.6 Å². The predicted octanol–water partition coefficient (Wildman–Crippen LogP) is 2.13. The lowest BCUT2D eigenvalue weighted by atomic mass is 9.76. The van der Waals surface area contributed by atoms with E-state index in [1.807, 2.05) is 90.5 Å². The molecule has 1 unspecified atom stereocenters. The Hall–Kier alpha value is -5.27. The van der Waals surface area contributed by atoms with E-state index >= 15 is 0 Å². The molecule has 2 heterocycles. The Labute approximate surface area is 379 Å². The number of amides is 6. The monoisotopic (exact) mass is 912 g/mol. The average Bonchev–Trinajstić information content (AvgIpc) is 3.70. The number of nitrogens with one attached hydrogen (secondary N) is 4. The molecule has 6 atom stereocenters. The van der Waals surface area contributed by atoms with E-state index in [2.05, 4.69) is 21.3 Å². The van der Waals surface area contributed by atoms with Crippen LogP contribution < -0.4 is 27.0 Å². The highest BCUT2D eigenvalue weighted by Crippen LogP contribution is 2.35. The van der Waals surface area contributed by atoms with Crippen molar-refractivity contribution in [2.24, 2.45) is 24.1 Å². The van der Waals surface area contributed by atoms with Gasteiger partial charge in [-0.2, -0.15) is 0 Å². The van der Waals surface area contributed by atoms with Crippen LogP contribution in [0.2, 0.25) is 0 Å². The second-order valence-electron chi connectivity index (χ2n) is 18.4. The largest absolute Gasteiger partial charge is 0.480 e. The van der Waals surface area contributed by atoms with E-state index in [0.29, 0.717) is 0 Å². The van der Waals surface area contributed by atoms with E-state index < -0.39 is 81.9 Å². The van der Waals surface area contributed by atoms with Gasteiger partial charge in [0.1, 0.15) is 18.1 Å². The number of aromatic nitrogens is 1. The van der Waals surface area contributed by atoms with E-state index in [0.717, 1.165) is 33.1 Å². The molecule has 1 aliphatic rings. The quantitative estimate of drug-likeness (QED) is 0.0480. The highest BCUT2D eigenvalue weighted by molar-refractivity contribution is 8.00. The number of hydrogen-bond donors (Lipinski definition) is 7. The summed E-state index contributed by atoms with van der Waals surface area (Å²) in [6.45, 7) is 14.9. The van der Waals surface area contributed by atoms with Crippen LogP contribution in [0.1, 0.15) is 86.6 Å². The Morgan fingerprint density at radius 2 is 1.64 bits per heavy atom. The van der Waals surface area contributed by atoms with Crippen molar-refractivity contribution in [3.63, 3.8) is 0 Å². The molecule has 6 amide bonds. The summed E-state index contributed by atoms with van der Waals surface area (Å²) < 4.78 is 2.03. The summed E-state index contributed by atoms with van der Waals surface area (Å²) in [6, 6.07) is 3.07. The molecule has 2 aromatic rings. The molecule has 0 aliphatic carbocycles. The molecule has 3 rings (SSSR count). The number of rotatable bonds is 23. The van der Waals surface area contributed by atoms with E-state index in [-0.39, 0.29) is 67.8 Å². The maximum atomic E-state index is 14.4. The fourth-order valence-corrected chi connectivity index (χ4v) is 8.92. The molecule has 8 N–H and O–H groups in total. The minimum Gasteiger partial charge on any atom is -0.480 e. The number of thioether (sulfide) groups is 1. The number of aliphatic carboxylic acids is 2. The summed E-state index contributed by atoms with van der Waals surface area (Å²) in [5.41, 5.74) is 6.22. The Bertz CT molecular complexity index is 2090. The van der Waals surface area contributed by atoms with Gasteiger partial charge in [0.2, 0.25) is 35.4 Å². The van der Waals surface area contributed by atoms with Crippen molar-refractivity contribution >= 4 is 70.0 Å². The lowest BCUT2D eigenvalue weighted by Crippen LogP contribution is -2.61. The highest BCUT2D eigenvalue weighted by atomic mass is 32.2. The van der Waals surface area contributed by atoms with Crippen LogP contribution in [0.15, 0.2) is 42.1 Å². The maximum Gasteiger partial charge on any atom is 0.326 e. The number of benzene rings is 1. The molecular formula is C45H68N8O10S. The van der Waals surface area contributed by atoms with Gasteiger partial charge in [0.25, 0.3) is 0 Å². The van der Waals surface area contributed by atoms with Gasteiger partial charge in [0.05, 0.1) is 17.3 Å². The smallest absolute Gasteiger partial charge is 0.326 e. The number of carbonyl (C=O) groups excluding carboxylic acids is 6. The molecule has 64 heavy (non-hydrogen) atoms. The zero-order valence-electron chi connectivity index (χ0n) is 38.9. The number of carboxylic acid groups (broad SMARTS) is 2. The van der Waals surface area contributed by atoms with Gasteiger partial charge in [-0.3, -0.25) is 38.5 Å². The van der Waals surface area contributed by atoms with E-state index in [1.165, 1.54) is 11.8 Å². The summed E-state index contributed by atoms with van der Waals surface area (Å²) in [4.78, 5) is 105. The highest BCUT2D eigenvalue weighted by Gasteiger charge is 2.43. The third kappa shape index (κ3) is 13.4. The fraction of sp³-hybridized carbons (Fsp3) is 0.600. The SMILES string of the molecule is CN[C@H](C(=O)N[C@H](C(=O)N(C)[C@H](/C=C(\C)C(=O)N[C@H](CCC(=O)NCCCN1C(=O)CC(SC[C@H](N)C(=O)O)C1=O)C(=O)O)C(C)C)C(C)(C)C)C(C)(C)c1cn(C)c2ccccc12. The van der Waals surface area contributed by atoms with Gasteiger partial charge < -0.3 is 46.7 Å². The third-order valence-electron chi connectivity index (χ3n) is 11.7. The number of likely N-dealkylation sites (tertiary alicyclic amines) is 1. The summed E-state index contributed by atoms with van der Waals surface area (Å²) in [6.07, 6.45) is 3.29. The summed E-state index contributed by atoms with van der Waals surface area (Å²) >= 11 is 1.01. The van der Waals surface area contributed by atoms with Crippen molar-refractivity contribution in [3.8, 4) is 0 Å². The Morgan fingerprint density at radius 1 is 1.00 bits per heavy atom. The van der Waals surface area contributed by atoms with Crippen molar-refractivity contribution in [1.82, 2.24) is 35.6 Å². The molecule has 1 aliphatic heterocycles. The Kier molecular flexibility index (Phi) is 18.7. The minimum atomic E-state index is -1.42. The molecule has 18 nitrogen and oxygen atoms in total. The molecular weight excluding hydrogens is 845 g/mol. The van der Waals surface area contributed by atoms with E-state index in [4.69, 9.17) is 10.8 Å². The number of likely N-dealkylation sites (N-methyl/N-ethyl adjacent to an activating group) is 2. The Balaban J connectivity index is 1.62. The number of nitrogens with zero attached hydrogens (tertiary/aromatic N) is 3. The molecule has 1 saturated heterocycles. The van der Waals surface area contributed by atoms with Crippen LogP contribution in [0.3, 0.4) is 0 Å². The number of carbonyl (C=O) groups is 8. The normalized spacial score (nSPS) is 17.2. The molecule has 1 aromatic carbocycles. The topological polar surface area (TPSA) is 263 Å². The molecule has 0 radical (unpaired) electrons. The second-order valence-corrected chi connectivity index (χ2v) is 19.7. The number of aryl methyl sites for hydroxylation is 1. The molecule has 1 fully saturated rings. The van der Waals surface area contributed by atoms with Gasteiger partial charge in [-0.25, -0.2) is 4.79 Å². The van der Waals surface area contributed by atoms with Gasteiger partial charge in [-0.15, -0.1) is 11.8 Å². The number of carboxylic acids is 2. The van der Waals surface area contributed by atoms with Crippen LogP contribution in [0.25, 0.3) is 10.9 Å². The lowest BCUT2D eigenvalue weighted by molar-refractivity contribution is -0.141. The van der Waals surface area contributed by atoms with E-state index in [9.17, 15) is 43.5 Å². The minimum absolute atomic E-state index is 0.0286. The maximum absolute atomic E-state index is 14.4. The molecule has 1 aromatic heterocycles. The molecule has 0 spiro atoms. The molecule has 354 valence electrons. The van der Waals surface area contributed by atoms with Gasteiger partial charge in [0.15, 0.2) is 0 Å². The van der Waals surface area contributed by atoms with Crippen molar-refractivity contribution in [2.45, 2.75) is 122 Å². The Morgan fingerprint density at radius 3 is 2.22 bits per heavy atom. The van der Waals surface area contributed by atoms with Crippen LogP contribution in [0, 0.1) is 11.3 Å². The zero-order valence-corrected chi connectivity index (χ0v) is 39.8. The number of fused-ring (bicyclic) bond motifs is 1. The molecule has 19 heteroatoms. The van der Waals surface area contributed by atoms with Crippen molar-refractivity contribution in [1.29, 1.82) is 0 Å². The van der Waals surface area contributed by atoms with Crippen LogP contribution in [-0.2, 0) is 50.8 Å². The van der Waals surface area contributed by atoms with Gasteiger partial charge in [-0.05, 0) is 49.8 Å². The number of hydrogen-bond acceptors (Lipinski definition) is 11.